The molecule has 0 fully saturated rings. The summed E-state index contributed by atoms with van der Waals surface area (Å²) in [5, 5.41) is 0. The lowest BCUT2D eigenvalue weighted by molar-refractivity contribution is 0.350. The highest BCUT2D eigenvalue weighted by molar-refractivity contribution is 5.43. The minimum absolute atomic E-state index is 0.528. The van der Waals surface area contributed by atoms with Gasteiger partial charge in [0, 0.05) is 6.07 Å². The molecule has 90 valence electrons. The zero-order valence-corrected chi connectivity index (χ0v) is 10.2. The molecule has 2 nitrogen and oxygen atoms in total. The number of allylic oxidation sites excluding steroid dienone is 2. The van der Waals surface area contributed by atoms with Crippen LogP contribution in [0.3, 0.4) is 0 Å². The van der Waals surface area contributed by atoms with E-state index in [1.807, 2.05) is 12.1 Å². The topological polar surface area (TPSA) is 18.5 Å². The van der Waals surface area contributed by atoms with Crippen LogP contribution >= 0.6 is 0 Å². The first-order valence-corrected chi connectivity index (χ1v) is 5.91. The van der Waals surface area contributed by atoms with E-state index in [0.29, 0.717) is 12.5 Å². The molecule has 0 aliphatic heterocycles. The molecule has 0 N–H and O–H groups in total. The smallest absolute Gasteiger partial charge is 0.126 e. The molecule has 1 aliphatic carbocycles. The van der Waals surface area contributed by atoms with Gasteiger partial charge in [-0.1, -0.05) is 30.9 Å². The Kier molecular flexibility index (Phi) is 3.86. The number of ether oxygens (including phenoxy) is 2. The van der Waals surface area contributed by atoms with Gasteiger partial charge in [-0.3, -0.25) is 0 Å². The molecule has 0 spiro atoms. The van der Waals surface area contributed by atoms with Crippen LogP contribution in [0.1, 0.15) is 24.3 Å². The lowest BCUT2D eigenvalue weighted by atomic mass is 9.96. The molecular weight excluding hydrogens is 212 g/mol. The van der Waals surface area contributed by atoms with Crippen molar-refractivity contribution >= 4 is 0 Å². The van der Waals surface area contributed by atoms with Crippen molar-refractivity contribution in [2.24, 2.45) is 0 Å². The minimum Gasteiger partial charge on any atom is -0.497 e. The maximum atomic E-state index is 5.72. The zero-order chi connectivity index (χ0) is 12.1. The summed E-state index contributed by atoms with van der Waals surface area (Å²) in [7, 11) is 1.67. The van der Waals surface area contributed by atoms with E-state index in [4.69, 9.17) is 9.47 Å². The van der Waals surface area contributed by atoms with Gasteiger partial charge in [0.2, 0.25) is 0 Å². The van der Waals surface area contributed by atoms with Crippen LogP contribution < -0.4 is 9.47 Å². The van der Waals surface area contributed by atoms with Gasteiger partial charge in [0.1, 0.15) is 18.1 Å². The van der Waals surface area contributed by atoms with E-state index in [0.717, 1.165) is 24.3 Å². The Morgan fingerprint density at radius 1 is 1.35 bits per heavy atom. The standard InChI is InChI=1S/C15H18O2/c1-3-10-17-15-11-13(16-2)8-9-14(15)12-6-4-5-7-12/h3-5,8-9,11-12H,1,6-7,10H2,2H3. The van der Waals surface area contributed by atoms with Crippen molar-refractivity contribution < 1.29 is 9.47 Å². The molecule has 17 heavy (non-hydrogen) atoms. The third-order valence-electron chi connectivity index (χ3n) is 3.03. The average Bonchev–Trinajstić information content (AvgIpc) is 2.89. The van der Waals surface area contributed by atoms with Gasteiger partial charge >= 0.3 is 0 Å². The molecule has 0 amide bonds. The van der Waals surface area contributed by atoms with E-state index in [2.05, 4.69) is 24.8 Å². The van der Waals surface area contributed by atoms with Crippen LogP contribution in [0.4, 0.5) is 0 Å². The van der Waals surface area contributed by atoms with Gasteiger partial charge < -0.3 is 9.47 Å². The van der Waals surface area contributed by atoms with Gasteiger partial charge in [-0.25, -0.2) is 0 Å². The molecule has 1 aliphatic rings. The number of hydrogen-bond acceptors (Lipinski definition) is 2. The average molecular weight is 230 g/mol. The highest BCUT2D eigenvalue weighted by Crippen LogP contribution is 2.37. The van der Waals surface area contributed by atoms with Crippen molar-refractivity contribution in [3.8, 4) is 11.5 Å². The van der Waals surface area contributed by atoms with Crippen molar-refractivity contribution in [1.29, 1.82) is 0 Å². The largest absolute Gasteiger partial charge is 0.497 e. The van der Waals surface area contributed by atoms with Gasteiger partial charge in [0.25, 0.3) is 0 Å². The first-order chi connectivity index (χ1) is 8.35. The molecule has 0 atom stereocenters. The van der Waals surface area contributed by atoms with Crippen molar-refractivity contribution in [3.05, 3.63) is 48.6 Å². The lowest BCUT2D eigenvalue weighted by Gasteiger charge is -2.16. The third-order valence-corrected chi connectivity index (χ3v) is 3.03. The summed E-state index contributed by atoms with van der Waals surface area (Å²) in [5.41, 5.74) is 1.26. The van der Waals surface area contributed by atoms with E-state index in [9.17, 15) is 0 Å². The quantitative estimate of drug-likeness (QED) is 0.718. The van der Waals surface area contributed by atoms with Crippen LogP contribution in [-0.2, 0) is 0 Å². The van der Waals surface area contributed by atoms with Crippen molar-refractivity contribution in [2.75, 3.05) is 13.7 Å². The molecule has 0 saturated carbocycles. The van der Waals surface area contributed by atoms with Crippen LogP contribution in [0.2, 0.25) is 0 Å². The van der Waals surface area contributed by atoms with Crippen LogP contribution in [0.15, 0.2) is 43.0 Å². The van der Waals surface area contributed by atoms with E-state index >= 15 is 0 Å². The molecule has 2 rings (SSSR count). The summed E-state index contributed by atoms with van der Waals surface area (Å²) in [5.74, 6) is 2.29. The number of methoxy groups -OCH3 is 1. The molecule has 0 saturated heterocycles. The number of benzene rings is 1. The Labute approximate surface area is 103 Å². The zero-order valence-electron chi connectivity index (χ0n) is 10.2. The number of hydrogen-bond donors (Lipinski definition) is 0. The highest BCUT2D eigenvalue weighted by Gasteiger charge is 2.17. The third kappa shape index (κ3) is 2.70. The Hall–Kier alpha value is -1.70. The highest BCUT2D eigenvalue weighted by atomic mass is 16.5. The summed E-state index contributed by atoms with van der Waals surface area (Å²) in [4.78, 5) is 0. The molecule has 1 aromatic carbocycles. The van der Waals surface area contributed by atoms with E-state index in [1.165, 1.54) is 5.56 Å². The van der Waals surface area contributed by atoms with Gasteiger partial charge in [-0.05, 0) is 30.4 Å². The molecule has 0 heterocycles. The van der Waals surface area contributed by atoms with Gasteiger partial charge in [0.15, 0.2) is 0 Å². The van der Waals surface area contributed by atoms with Crippen LogP contribution in [0.5, 0.6) is 11.5 Å². The van der Waals surface area contributed by atoms with Crippen LogP contribution in [-0.4, -0.2) is 13.7 Å². The monoisotopic (exact) mass is 230 g/mol. The van der Waals surface area contributed by atoms with Gasteiger partial charge in [0.05, 0.1) is 7.11 Å². The lowest BCUT2D eigenvalue weighted by Crippen LogP contribution is -2.01. The van der Waals surface area contributed by atoms with E-state index in [1.54, 1.807) is 13.2 Å². The predicted octanol–water partition coefficient (Wildman–Crippen LogP) is 3.69. The fraction of sp³-hybridized carbons (Fsp3) is 0.333. The summed E-state index contributed by atoms with van der Waals surface area (Å²) >= 11 is 0. The maximum absolute atomic E-state index is 5.72. The van der Waals surface area contributed by atoms with Crippen LogP contribution in [0, 0.1) is 0 Å². The minimum atomic E-state index is 0.528. The van der Waals surface area contributed by atoms with Gasteiger partial charge in [-0.15, -0.1) is 0 Å². The van der Waals surface area contributed by atoms with Crippen molar-refractivity contribution in [1.82, 2.24) is 0 Å². The Morgan fingerprint density at radius 3 is 2.76 bits per heavy atom. The van der Waals surface area contributed by atoms with Crippen molar-refractivity contribution in [3.63, 3.8) is 0 Å². The molecule has 1 aromatic rings. The maximum Gasteiger partial charge on any atom is 0.126 e. The first-order valence-electron chi connectivity index (χ1n) is 5.91. The predicted molar refractivity (Wildman–Crippen MR) is 69.8 cm³/mol. The first kappa shape index (κ1) is 11.8. The normalized spacial score (nSPS) is 14.9. The summed E-state index contributed by atoms with van der Waals surface area (Å²) in [6, 6.07) is 6.06. The molecule has 0 unspecified atom stereocenters. The summed E-state index contributed by atoms with van der Waals surface area (Å²) < 4.78 is 10.9. The fourth-order valence-corrected chi connectivity index (χ4v) is 2.12. The van der Waals surface area contributed by atoms with E-state index in [-0.39, 0.29) is 0 Å². The second-order valence-electron chi connectivity index (χ2n) is 4.14. The van der Waals surface area contributed by atoms with Crippen LogP contribution in [0.25, 0.3) is 0 Å². The molecule has 0 bridgehead atoms. The Bertz CT molecular complexity index is 413. The number of rotatable bonds is 5. The second kappa shape index (κ2) is 5.58. The van der Waals surface area contributed by atoms with E-state index < -0.39 is 0 Å². The molecule has 2 heteroatoms. The van der Waals surface area contributed by atoms with Crippen molar-refractivity contribution in [2.45, 2.75) is 18.8 Å². The summed E-state index contributed by atoms with van der Waals surface area (Å²) in [6.07, 6.45) is 8.40. The Morgan fingerprint density at radius 2 is 2.12 bits per heavy atom. The molecular formula is C15H18O2. The molecule has 0 aromatic heterocycles. The Balaban J connectivity index is 2.25. The second-order valence-corrected chi connectivity index (χ2v) is 4.14. The fourth-order valence-electron chi connectivity index (χ4n) is 2.12. The molecule has 0 radical (unpaired) electrons. The summed E-state index contributed by atoms with van der Waals surface area (Å²) in [6.45, 7) is 4.21. The van der Waals surface area contributed by atoms with Gasteiger partial charge in [-0.2, -0.15) is 0 Å². The SMILES string of the molecule is C=CCOc1cc(OC)ccc1C1CC=CC1.